The normalized spacial score (nSPS) is 10.5. The molecular weight excluding hydrogens is 158 g/mol. The molecule has 0 saturated heterocycles. The van der Waals surface area contributed by atoms with E-state index < -0.39 is 0 Å². The van der Waals surface area contributed by atoms with E-state index in [0.717, 1.165) is 6.54 Å². The SMILES string of the molecule is CCCCN/C=C\c1ccccc1. The molecule has 1 aromatic rings. The van der Waals surface area contributed by atoms with Crippen molar-refractivity contribution in [3.05, 3.63) is 42.1 Å². The molecule has 0 aromatic heterocycles. The van der Waals surface area contributed by atoms with Crippen LogP contribution in [-0.2, 0) is 0 Å². The third-order valence-corrected chi connectivity index (χ3v) is 1.87. The fourth-order valence-corrected chi connectivity index (χ4v) is 1.08. The zero-order valence-electron chi connectivity index (χ0n) is 8.16. The van der Waals surface area contributed by atoms with Crippen molar-refractivity contribution in [2.24, 2.45) is 0 Å². The number of benzene rings is 1. The predicted octanol–water partition coefficient (Wildman–Crippen LogP) is 3.05. The van der Waals surface area contributed by atoms with Crippen LogP contribution < -0.4 is 5.32 Å². The summed E-state index contributed by atoms with van der Waals surface area (Å²) < 4.78 is 0. The van der Waals surface area contributed by atoms with Gasteiger partial charge in [-0.2, -0.15) is 0 Å². The summed E-state index contributed by atoms with van der Waals surface area (Å²) in [6, 6.07) is 10.3. The summed E-state index contributed by atoms with van der Waals surface area (Å²) in [5.41, 5.74) is 1.24. The van der Waals surface area contributed by atoms with Gasteiger partial charge in [0.1, 0.15) is 0 Å². The first-order chi connectivity index (χ1) is 6.43. The van der Waals surface area contributed by atoms with Gasteiger partial charge in [0, 0.05) is 6.54 Å². The molecule has 1 aromatic carbocycles. The largest absolute Gasteiger partial charge is 0.391 e. The number of rotatable bonds is 5. The van der Waals surface area contributed by atoms with E-state index in [2.05, 4.69) is 30.4 Å². The van der Waals surface area contributed by atoms with E-state index >= 15 is 0 Å². The monoisotopic (exact) mass is 175 g/mol. The van der Waals surface area contributed by atoms with Crippen LogP contribution >= 0.6 is 0 Å². The Morgan fingerprint density at radius 2 is 2.00 bits per heavy atom. The maximum Gasteiger partial charge on any atom is 0.0141 e. The van der Waals surface area contributed by atoms with E-state index in [4.69, 9.17) is 0 Å². The second-order valence-electron chi connectivity index (χ2n) is 3.05. The number of unbranched alkanes of at least 4 members (excludes halogenated alkanes) is 1. The summed E-state index contributed by atoms with van der Waals surface area (Å²) in [4.78, 5) is 0. The highest BCUT2D eigenvalue weighted by Crippen LogP contribution is 1.99. The lowest BCUT2D eigenvalue weighted by Gasteiger charge is -1.97. The Labute approximate surface area is 80.5 Å². The van der Waals surface area contributed by atoms with Gasteiger partial charge in [-0.05, 0) is 24.3 Å². The van der Waals surface area contributed by atoms with Gasteiger partial charge in [0.2, 0.25) is 0 Å². The molecule has 0 radical (unpaired) electrons. The van der Waals surface area contributed by atoms with Crippen LogP contribution in [0.5, 0.6) is 0 Å². The van der Waals surface area contributed by atoms with Crippen molar-refractivity contribution < 1.29 is 0 Å². The first kappa shape index (κ1) is 9.85. The Balaban J connectivity index is 2.25. The van der Waals surface area contributed by atoms with Crippen molar-refractivity contribution >= 4 is 6.08 Å². The first-order valence-corrected chi connectivity index (χ1v) is 4.88. The lowest BCUT2D eigenvalue weighted by atomic mass is 10.2. The van der Waals surface area contributed by atoms with Crippen LogP contribution in [0.1, 0.15) is 25.3 Å². The molecule has 0 aliphatic rings. The van der Waals surface area contributed by atoms with E-state index in [0.29, 0.717) is 0 Å². The van der Waals surface area contributed by atoms with Crippen molar-refractivity contribution in [1.29, 1.82) is 0 Å². The Morgan fingerprint density at radius 3 is 2.69 bits per heavy atom. The van der Waals surface area contributed by atoms with Crippen molar-refractivity contribution in [2.75, 3.05) is 6.54 Å². The van der Waals surface area contributed by atoms with E-state index in [1.165, 1.54) is 18.4 Å². The number of nitrogens with one attached hydrogen (secondary N) is 1. The average Bonchev–Trinajstić information content (AvgIpc) is 2.19. The van der Waals surface area contributed by atoms with Crippen LogP contribution in [0.3, 0.4) is 0 Å². The molecule has 1 rings (SSSR count). The fraction of sp³-hybridized carbons (Fsp3) is 0.333. The van der Waals surface area contributed by atoms with Gasteiger partial charge in [-0.3, -0.25) is 0 Å². The van der Waals surface area contributed by atoms with Crippen molar-refractivity contribution in [2.45, 2.75) is 19.8 Å². The van der Waals surface area contributed by atoms with E-state index in [9.17, 15) is 0 Å². The van der Waals surface area contributed by atoms with E-state index in [1.54, 1.807) is 0 Å². The quantitative estimate of drug-likeness (QED) is 0.678. The lowest BCUT2D eigenvalue weighted by molar-refractivity contribution is 0.737. The molecule has 0 aliphatic carbocycles. The molecule has 0 fully saturated rings. The van der Waals surface area contributed by atoms with E-state index in [1.807, 2.05) is 24.4 Å². The number of hydrogen-bond acceptors (Lipinski definition) is 1. The van der Waals surface area contributed by atoms with Crippen LogP contribution in [0, 0.1) is 0 Å². The minimum atomic E-state index is 1.07. The molecule has 0 amide bonds. The van der Waals surface area contributed by atoms with Crippen molar-refractivity contribution in [3.8, 4) is 0 Å². The van der Waals surface area contributed by atoms with Gasteiger partial charge in [0.15, 0.2) is 0 Å². The smallest absolute Gasteiger partial charge is 0.0141 e. The predicted molar refractivity (Wildman–Crippen MR) is 58.4 cm³/mol. The maximum atomic E-state index is 3.25. The molecule has 0 aliphatic heterocycles. The molecular formula is C12H17N. The second kappa shape index (κ2) is 6.30. The summed E-state index contributed by atoms with van der Waals surface area (Å²) in [7, 11) is 0. The van der Waals surface area contributed by atoms with Crippen LogP contribution in [0.15, 0.2) is 36.5 Å². The summed E-state index contributed by atoms with van der Waals surface area (Å²) in [5, 5.41) is 3.25. The van der Waals surface area contributed by atoms with Gasteiger partial charge < -0.3 is 5.32 Å². The summed E-state index contributed by atoms with van der Waals surface area (Å²) in [6.07, 6.45) is 6.59. The van der Waals surface area contributed by atoms with Crippen LogP contribution in [0.25, 0.3) is 6.08 Å². The van der Waals surface area contributed by atoms with Crippen LogP contribution in [0.2, 0.25) is 0 Å². The maximum absolute atomic E-state index is 3.25. The molecule has 1 nitrogen and oxygen atoms in total. The Hall–Kier alpha value is -1.24. The third kappa shape index (κ3) is 4.36. The third-order valence-electron chi connectivity index (χ3n) is 1.87. The summed E-state index contributed by atoms with van der Waals surface area (Å²) in [5.74, 6) is 0. The first-order valence-electron chi connectivity index (χ1n) is 4.88. The Bertz CT molecular complexity index is 239. The fourth-order valence-electron chi connectivity index (χ4n) is 1.08. The van der Waals surface area contributed by atoms with Gasteiger partial charge in [0.05, 0.1) is 0 Å². The standard InChI is InChI=1S/C12H17N/c1-2-3-10-13-11-9-12-7-5-4-6-8-12/h4-9,11,13H,2-3,10H2,1H3/b11-9-. The highest BCUT2D eigenvalue weighted by atomic mass is 14.8. The van der Waals surface area contributed by atoms with Crippen molar-refractivity contribution in [1.82, 2.24) is 5.32 Å². The number of hydrogen-bond donors (Lipinski definition) is 1. The molecule has 1 heteroatoms. The second-order valence-corrected chi connectivity index (χ2v) is 3.05. The zero-order chi connectivity index (χ0) is 9.36. The summed E-state index contributed by atoms with van der Waals surface area (Å²) >= 11 is 0. The van der Waals surface area contributed by atoms with Crippen LogP contribution in [0.4, 0.5) is 0 Å². The van der Waals surface area contributed by atoms with Gasteiger partial charge in [-0.15, -0.1) is 0 Å². The molecule has 13 heavy (non-hydrogen) atoms. The van der Waals surface area contributed by atoms with Gasteiger partial charge in [-0.25, -0.2) is 0 Å². The molecule has 0 bridgehead atoms. The van der Waals surface area contributed by atoms with E-state index in [-0.39, 0.29) is 0 Å². The molecule has 1 N–H and O–H groups in total. The van der Waals surface area contributed by atoms with Crippen LogP contribution in [-0.4, -0.2) is 6.54 Å². The Morgan fingerprint density at radius 1 is 1.23 bits per heavy atom. The average molecular weight is 175 g/mol. The molecule has 0 heterocycles. The minimum absolute atomic E-state index is 1.07. The highest BCUT2D eigenvalue weighted by Gasteiger charge is 1.82. The Kier molecular flexibility index (Phi) is 4.77. The zero-order valence-corrected chi connectivity index (χ0v) is 8.16. The molecule has 0 spiro atoms. The van der Waals surface area contributed by atoms with Gasteiger partial charge in [-0.1, -0.05) is 43.7 Å². The highest BCUT2D eigenvalue weighted by molar-refractivity contribution is 5.48. The summed E-state index contributed by atoms with van der Waals surface area (Å²) in [6.45, 7) is 3.27. The lowest BCUT2D eigenvalue weighted by Crippen LogP contribution is -2.05. The molecule has 0 unspecified atom stereocenters. The molecule has 0 saturated carbocycles. The topological polar surface area (TPSA) is 12.0 Å². The van der Waals surface area contributed by atoms with Gasteiger partial charge >= 0.3 is 0 Å². The molecule has 70 valence electrons. The van der Waals surface area contributed by atoms with Gasteiger partial charge in [0.25, 0.3) is 0 Å². The minimum Gasteiger partial charge on any atom is -0.391 e. The molecule has 0 atom stereocenters. The van der Waals surface area contributed by atoms with Crippen molar-refractivity contribution in [3.63, 3.8) is 0 Å².